The summed E-state index contributed by atoms with van der Waals surface area (Å²) in [6.07, 6.45) is 7.94. The first-order valence-electron chi connectivity index (χ1n) is 8.68. The Morgan fingerprint density at radius 2 is 1.24 bits per heavy atom. The summed E-state index contributed by atoms with van der Waals surface area (Å²) in [7, 11) is 0. The zero-order valence-corrected chi connectivity index (χ0v) is 14.3. The number of nitrogens with two attached hydrogens (primary N) is 1. The molecule has 0 aliphatic rings. The topological polar surface area (TPSA) is 26.0 Å². The lowest BCUT2D eigenvalue weighted by Crippen LogP contribution is -2.05. The van der Waals surface area contributed by atoms with Gasteiger partial charge in [0.1, 0.15) is 5.69 Å². The van der Waals surface area contributed by atoms with Gasteiger partial charge >= 0.3 is 0 Å². The minimum atomic E-state index is -1.56. The predicted molar refractivity (Wildman–Crippen MR) is 93.2 cm³/mol. The van der Waals surface area contributed by atoms with Gasteiger partial charge in [-0.2, -0.15) is 0 Å². The number of hydrogen-bond acceptors (Lipinski definition) is 1. The van der Waals surface area contributed by atoms with Gasteiger partial charge in [-0.3, -0.25) is 0 Å². The number of benzene rings is 2. The van der Waals surface area contributed by atoms with Crippen molar-refractivity contribution in [3.63, 3.8) is 0 Å². The van der Waals surface area contributed by atoms with Crippen molar-refractivity contribution < 1.29 is 17.6 Å². The Morgan fingerprint density at radius 1 is 0.720 bits per heavy atom. The van der Waals surface area contributed by atoms with Gasteiger partial charge in [0, 0.05) is 0 Å². The number of halogens is 4. The Labute approximate surface area is 145 Å². The first-order valence-corrected chi connectivity index (χ1v) is 8.68. The summed E-state index contributed by atoms with van der Waals surface area (Å²) in [5.41, 5.74) is 4.26. The number of hydrogen-bond donors (Lipinski definition) is 1. The molecule has 0 aliphatic carbocycles. The first-order chi connectivity index (χ1) is 12.0. The van der Waals surface area contributed by atoms with Crippen molar-refractivity contribution in [3.05, 3.63) is 53.1 Å². The summed E-state index contributed by atoms with van der Waals surface area (Å²) in [6.45, 7) is 2.17. The smallest absolute Gasteiger partial charge is 0.185 e. The van der Waals surface area contributed by atoms with E-state index in [0.29, 0.717) is 0 Å². The SMILES string of the molecule is CCCCCCCCc1ccc(-c2c(F)c(F)c(N)c(F)c2F)cc1. The molecule has 0 atom stereocenters. The predicted octanol–water partition coefficient (Wildman–Crippen LogP) is 6.40. The van der Waals surface area contributed by atoms with E-state index in [1.165, 1.54) is 37.8 Å². The fourth-order valence-corrected chi connectivity index (χ4v) is 2.85. The van der Waals surface area contributed by atoms with Crippen LogP contribution < -0.4 is 5.73 Å². The van der Waals surface area contributed by atoms with Crippen LogP contribution in [0.25, 0.3) is 11.1 Å². The van der Waals surface area contributed by atoms with E-state index in [1.807, 2.05) is 0 Å². The molecule has 0 aliphatic heterocycles. The Morgan fingerprint density at radius 3 is 1.80 bits per heavy atom. The highest BCUT2D eigenvalue weighted by atomic mass is 19.2. The Kier molecular flexibility index (Phi) is 6.85. The second-order valence-corrected chi connectivity index (χ2v) is 6.26. The Bertz CT molecular complexity index is 682. The maximum Gasteiger partial charge on any atom is 0.185 e. The van der Waals surface area contributed by atoms with Crippen molar-refractivity contribution in [2.24, 2.45) is 0 Å². The molecule has 136 valence electrons. The van der Waals surface area contributed by atoms with E-state index in [4.69, 9.17) is 5.73 Å². The first kappa shape index (κ1) is 19.3. The summed E-state index contributed by atoms with van der Waals surface area (Å²) in [6, 6.07) is 6.41. The molecule has 0 spiro atoms. The minimum absolute atomic E-state index is 0.0829. The van der Waals surface area contributed by atoms with E-state index in [0.717, 1.165) is 24.8 Å². The van der Waals surface area contributed by atoms with Crippen LogP contribution in [0.2, 0.25) is 0 Å². The summed E-state index contributed by atoms with van der Waals surface area (Å²) in [5.74, 6) is -6.07. The molecule has 2 N–H and O–H groups in total. The van der Waals surface area contributed by atoms with Crippen molar-refractivity contribution in [2.45, 2.75) is 51.9 Å². The van der Waals surface area contributed by atoms with Gasteiger partial charge in [0.05, 0.1) is 5.56 Å². The highest BCUT2D eigenvalue weighted by Crippen LogP contribution is 2.33. The van der Waals surface area contributed by atoms with Gasteiger partial charge < -0.3 is 5.73 Å². The average Bonchev–Trinajstić information content (AvgIpc) is 2.62. The summed E-state index contributed by atoms with van der Waals surface area (Å²) < 4.78 is 55.1. The van der Waals surface area contributed by atoms with Crippen molar-refractivity contribution >= 4 is 5.69 Å². The molecule has 2 aromatic rings. The molecular weight excluding hydrogens is 330 g/mol. The Balaban J connectivity index is 2.08. The largest absolute Gasteiger partial charge is 0.394 e. The third-order valence-corrected chi connectivity index (χ3v) is 4.36. The molecule has 0 aromatic heterocycles. The van der Waals surface area contributed by atoms with Gasteiger partial charge in [0.25, 0.3) is 0 Å². The van der Waals surface area contributed by atoms with Gasteiger partial charge in [-0.15, -0.1) is 0 Å². The van der Waals surface area contributed by atoms with Crippen LogP contribution in [0.1, 0.15) is 51.0 Å². The zero-order chi connectivity index (χ0) is 18.4. The second kappa shape index (κ2) is 8.88. The lowest BCUT2D eigenvalue weighted by molar-refractivity contribution is 0.464. The number of rotatable bonds is 8. The van der Waals surface area contributed by atoms with E-state index in [9.17, 15) is 17.6 Å². The van der Waals surface area contributed by atoms with Crippen LogP contribution in [0.5, 0.6) is 0 Å². The van der Waals surface area contributed by atoms with Gasteiger partial charge in [-0.1, -0.05) is 63.3 Å². The average molecular weight is 353 g/mol. The van der Waals surface area contributed by atoms with E-state index in [-0.39, 0.29) is 5.56 Å². The second-order valence-electron chi connectivity index (χ2n) is 6.26. The molecule has 0 amide bonds. The molecule has 1 nitrogen and oxygen atoms in total. The quantitative estimate of drug-likeness (QED) is 0.253. The van der Waals surface area contributed by atoms with Crippen LogP contribution in [-0.4, -0.2) is 0 Å². The van der Waals surface area contributed by atoms with Crippen LogP contribution in [0, 0.1) is 23.3 Å². The van der Waals surface area contributed by atoms with Crippen LogP contribution >= 0.6 is 0 Å². The molecule has 2 rings (SSSR count). The van der Waals surface area contributed by atoms with Gasteiger partial charge in [-0.05, 0) is 24.0 Å². The molecule has 0 radical (unpaired) electrons. The molecule has 0 saturated heterocycles. The van der Waals surface area contributed by atoms with Crippen LogP contribution in [0.15, 0.2) is 24.3 Å². The third-order valence-electron chi connectivity index (χ3n) is 4.36. The molecule has 0 unspecified atom stereocenters. The number of aryl methyl sites for hydroxylation is 1. The van der Waals surface area contributed by atoms with Crippen LogP contribution in [-0.2, 0) is 6.42 Å². The number of unbranched alkanes of at least 4 members (excludes halogenated alkanes) is 5. The summed E-state index contributed by atoms with van der Waals surface area (Å²) >= 11 is 0. The zero-order valence-electron chi connectivity index (χ0n) is 14.3. The molecule has 2 aromatic carbocycles. The van der Waals surface area contributed by atoms with E-state index >= 15 is 0 Å². The van der Waals surface area contributed by atoms with Crippen molar-refractivity contribution in [2.75, 3.05) is 5.73 Å². The van der Waals surface area contributed by atoms with E-state index in [1.54, 1.807) is 12.1 Å². The fraction of sp³-hybridized carbons (Fsp3) is 0.400. The van der Waals surface area contributed by atoms with Gasteiger partial charge in [0.2, 0.25) is 0 Å². The maximum absolute atomic E-state index is 14.0. The van der Waals surface area contributed by atoms with E-state index in [2.05, 4.69) is 6.92 Å². The summed E-state index contributed by atoms with van der Waals surface area (Å²) in [4.78, 5) is 0. The fourth-order valence-electron chi connectivity index (χ4n) is 2.85. The third kappa shape index (κ3) is 4.53. The molecule has 0 fully saturated rings. The molecule has 0 heterocycles. The molecule has 0 saturated carbocycles. The van der Waals surface area contributed by atoms with Crippen LogP contribution in [0.4, 0.5) is 23.2 Å². The normalized spacial score (nSPS) is 11.1. The molecule has 25 heavy (non-hydrogen) atoms. The molecule has 0 bridgehead atoms. The highest BCUT2D eigenvalue weighted by Gasteiger charge is 2.24. The van der Waals surface area contributed by atoms with Gasteiger partial charge in [0.15, 0.2) is 23.3 Å². The lowest BCUT2D eigenvalue weighted by Gasteiger charge is -2.10. The standard InChI is InChI=1S/C20H23F4N/c1-2-3-4-5-6-7-8-13-9-11-14(12-10-13)15-16(21)18(23)20(25)19(24)17(15)22/h9-12H,2-8,25H2,1H3. The monoisotopic (exact) mass is 353 g/mol. The highest BCUT2D eigenvalue weighted by molar-refractivity contribution is 5.68. The lowest BCUT2D eigenvalue weighted by atomic mass is 9.99. The van der Waals surface area contributed by atoms with Crippen molar-refractivity contribution in [1.82, 2.24) is 0 Å². The van der Waals surface area contributed by atoms with Crippen molar-refractivity contribution in [1.29, 1.82) is 0 Å². The molecular formula is C20H23F4N. The van der Waals surface area contributed by atoms with Gasteiger partial charge in [-0.25, -0.2) is 17.6 Å². The summed E-state index contributed by atoms with van der Waals surface area (Å²) in [5, 5.41) is 0. The molecule has 5 heteroatoms. The minimum Gasteiger partial charge on any atom is -0.394 e. The Hall–Kier alpha value is -2.04. The van der Waals surface area contributed by atoms with E-state index < -0.39 is 34.5 Å². The van der Waals surface area contributed by atoms with Crippen molar-refractivity contribution in [3.8, 4) is 11.1 Å². The van der Waals surface area contributed by atoms with Crippen LogP contribution in [0.3, 0.4) is 0 Å². The number of anilines is 1. The number of nitrogen functional groups attached to an aromatic ring is 1. The maximum atomic E-state index is 14.0.